The Balaban J connectivity index is 1.87. The van der Waals surface area contributed by atoms with Crippen molar-refractivity contribution >= 4 is 5.91 Å². The zero-order valence-electron chi connectivity index (χ0n) is 11.4. The number of nitrogens with zero attached hydrogens (tertiary/aromatic N) is 1. The Kier molecular flexibility index (Phi) is 4.78. The molecule has 0 bridgehead atoms. The van der Waals surface area contributed by atoms with Crippen LogP contribution in [0, 0.1) is 5.92 Å². The summed E-state index contributed by atoms with van der Waals surface area (Å²) in [6.07, 6.45) is 5.06. The van der Waals surface area contributed by atoms with Gasteiger partial charge >= 0.3 is 0 Å². The lowest BCUT2D eigenvalue weighted by molar-refractivity contribution is -0.136. The first kappa shape index (κ1) is 13.6. The normalized spacial score (nSPS) is 29.0. The summed E-state index contributed by atoms with van der Waals surface area (Å²) in [6.45, 7) is 5.44. The van der Waals surface area contributed by atoms with Gasteiger partial charge in [0.1, 0.15) is 0 Å². The lowest BCUT2D eigenvalue weighted by Gasteiger charge is -2.33. The number of nitrogens with one attached hydrogen (secondary N) is 1. The molecule has 1 saturated heterocycles. The van der Waals surface area contributed by atoms with Gasteiger partial charge in [0.25, 0.3) is 0 Å². The Morgan fingerprint density at radius 3 is 3.06 bits per heavy atom. The van der Waals surface area contributed by atoms with Gasteiger partial charge in [0.15, 0.2) is 0 Å². The molecule has 4 heteroatoms. The van der Waals surface area contributed by atoms with Gasteiger partial charge in [0, 0.05) is 32.2 Å². The number of hydrogen-bond acceptors (Lipinski definition) is 3. The summed E-state index contributed by atoms with van der Waals surface area (Å²) in [5.41, 5.74) is 1.32. The largest absolute Gasteiger partial charge is 0.380 e. The molecule has 0 saturated carbocycles. The molecule has 0 aromatic carbocycles. The highest BCUT2D eigenvalue weighted by Gasteiger charge is 2.29. The molecule has 0 aromatic heterocycles. The van der Waals surface area contributed by atoms with Crippen LogP contribution < -0.4 is 5.32 Å². The summed E-state index contributed by atoms with van der Waals surface area (Å²) in [7, 11) is 1.72. The van der Waals surface area contributed by atoms with E-state index in [9.17, 15) is 4.79 Å². The van der Waals surface area contributed by atoms with Gasteiger partial charge in [-0.15, -0.1) is 0 Å². The second-order valence-corrected chi connectivity index (χ2v) is 5.41. The van der Waals surface area contributed by atoms with E-state index >= 15 is 0 Å². The van der Waals surface area contributed by atoms with Gasteiger partial charge in [0.05, 0.1) is 6.61 Å². The monoisotopic (exact) mass is 252 g/mol. The first-order chi connectivity index (χ1) is 8.70. The molecule has 2 aliphatic rings. The van der Waals surface area contributed by atoms with Crippen LogP contribution in [0.25, 0.3) is 0 Å². The molecule has 4 nitrogen and oxygen atoms in total. The number of carbonyl (C=O) groups is 1. The molecule has 0 aromatic rings. The average Bonchev–Trinajstić information content (AvgIpc) is 2.39. The van der Waals surface area contributed by atoms with E-state index in [-0.39, 0.29) is 5.92 Å². The predicted molar refractivity (Wildman–Crippen MR) is 71.3 cm³/mol. The van der Waals surface area contributed by atoms with Gasteiger partial charge in [-0.1, -0.05) is 6.08 Å². The van der Waals surface area contributed by atoms with E-state index in [0.29, 0.717) is 18.6 Å². The van der Waals surface area contributed by atoms with Crippen molar-refractivity contribution in [1.82, 2.24) is 10.2 Å². The summed E-state index contributed by atoms with van der Waals surface area (Å²) < 4.78 is 5.13. The number of rotatable bonds is 3. The van der Waals surface area contributed by atoms with E-state index in [2.05, 4.69) is 18.3 Å². The van der Waals surface area contributed by atoms with Gasteiger partial charge in [-0.25, -0.2) is 0 Å². The van der Waals surface area contributed by atoms with Crippen LogP contribution in [0.1, 0.15) is 26.2 Å². The van der Waals surface area contributed by atoms with Crippen molar-refractivity contribution in [3.05, 3.63) is 11.6 Å². The summed E-state index contributed by atoms with van der Waals surface area (Å²) in [5.74, 6) is 0.565. The maximum absolute atomic E-state index is 12.4. The fraction of sp³-hybridized carbons (Fsp3) is 0.786. The Hall–Kier alpha value is -0.870. The lowest BCUT2D eigenvalue weighted by Crippen LogP contribution is -2.45. The number of ether oxygens (including phenoxy) is 1. The molecule has 1 N–H and O–H groups in total. The first-order valence-electron chi connectivity index (χ1n) is 6.89. The zero-order valence-corrected chi connectivity index (χ0v) is 11.4. The Morgan fingerprint density at radius 1 is 1.61 bits per heavy atom. The molecule has 18 heavy (non-hydrogen) atoms. The maximum Gasteiger partial charge on any atom is 0.226 e. The fourth-order valence-electron chi connectivity index (χ4n) is 2.84. The summed E-state index contributed by atoms with van der Waals surface area (Å²) in [4.78, 5) is 14.4. The molecule has 1 amide bonds. The van der Waals surface area contributed by atoms with E-state index in [1.165, 1.54) is 5.57 Å². The van der Waals surface area contributed by atoms with Crippen molar-refractivity contribution in [2.45, 2.75) is 32.2 Å². The topological polar surface area (TPSA) is 41.6 Å². The van der Waals surface area contributed by atoms with Crippen LogP contribution in [0.4, 0.5) is 0 Å². The molecule has 2 atom stereocenters. The molecular formula is C14H24N2O2. The number of piperidine rings is 1. The summed E-state index contributed by atoms with van der Waals surface area (Å²) in [6, 6.07) is 0.470. The number of hydrogen-bond donors (Lipinski definition) is 1. The molecule has 2 unspecified atom stereocenters. The Morgan fingerprint density at radius 2 is 2.44 bits per heavy atom. The third-order valence-electron chi connectivity index (χ3n) is 3.92. The molecule has 102 valence electrons. The summed E-state index contributed by atoms with van der Waals surface area (Å²) >= 11 is 0. The van der Waals surface area contributed by atoms with Crippen LogP contribution in [0.5, 0.6) is 0 Å². The van der Waals surface area contributed by atoms with Crippen molar-refractivity contribution in [2.24, 2.45) is 5.92 Å². The van der Waals surface area contributed by atoms with E-state index < -0.39 is 0 Å². The zero-order chi connectivity index (χ0) is 13.0. The van der Waals surface area contributed by atoms with E-state index in [1.807, 2.05) is 4.90 Å². The third kappa shape index (κ3) is 3.33. The average molecular weight is 252 g/mol. The van der Waals surface area contributed by atoms with Crippen LogP contribution in [0.2, 0.25) is 0 Å². The van der Waals surface area contributed by atoms with Crippen molar-refractivity contribution in [1.29, 1.82) is 0 Å². The first-order valence-corrected chi connectivity index (χ1v) is 6.89. The van der Waals surface area contributed by atoms with Gasteiger partial charge in [-0.3, -0.25) is 4.79 Å². The van der Waals surface area contributed by atoms with E-state index in [4.69, 9.17) is 4.74 Å². The van der Waals surface area contributed by atoms with Gasteiger partial charge in [-0.2, -0.15) is 0 Å². The highest BCUT2D eigenvalue weighted by Crippen LogP contribution is 2.21. The van der Waals surface area contributed by atoms with Crippen LogP contribution in [-0.4, -0.2) is 50.2 Å². The third-order valence-corrected chi connectivity index (χ3v) is 3.92. The van der Waals surface area contributed by atoms with Crippen LogP contribution in [-0.2, 0) is 9.53 Å². The van der Waals surface area contributed by atoms with Crippen molar-refractivity contribution in [3.8, 4) is 0 Å². The van der Waals surface area contributed by atoms with Crippen molar-refractivity contribution in [3.63, 3.8) is 0 Å². The molecule has 0 radical (unpaired) electrons. The van der Waals surface area contributed by atoms with Crippen LogP contribution in [0.15, 0.2) is 11.6 Å². The number of amides is 1. The van der Waals surface area contributed by atoms with Gasteiger partial charge in [-0.05, 0) is 38.3 Å². The molecular weight excluding hydrogens is 228 g/mol. The van der Waals surface area contributed by atoms with Crippen molar-refractivity contribution < 1.29 is 9.53 Å². The number of carbonyl (C=O) groups excluding carboxylic acids is 1. The van der Waals surface area contributed by atoms with E-state index in [1.54, 1.807) is 7.11 Å². The minimum Gasteiger partial charge on any atom is -0.380 e. The van der Waals surface area contributed by atoms with Gasteiger partial charge in [0.2, 0.25) is 5.91 Å². The standard InChI is InChI=1S/C14H24N2O2/c1-11-9-13(3-6-15-11)14(17)16-7-4-12(5-8-16)10-18-2/h4,11,13,15H,3,5-10H2,1-2H3. The van der Waals surface area contributed by atoms with Crippen LogP contribution in [0.3, 0.4) is 0 Å². The van der Waals surface area contributed by atoms with Crippen molar-refractivity contribution in [2.75, 3.05) is 33.4 Å². The second-order valence-electron chi connectivity index (χ2n) is 5.41. The maximum atomic E-state index is 12.4. The molecule has 0 aliphatic carbocycles. The Labute approximate surface area is 109 Å². The molecule has 2 aliphatic heterocycles. The molecule has 1 fully saturated rings. The predicted octanol–water partition coefficient (Wildman–Crippen LogP) is 1.18. The number of methoxy groups -OCH3 is 1. The van der Waals surface area contributed by atoms with E-state index in [0.717, 1.165) is 38.9 Å². The minimum atomic E-state index is 0.221. The second kappa shape index (κ2) is 6.34. The molecule has 0 spiro atoms. The molecule has 2 heterocycles. The minimum absolute atomic E-state index is 0.221. The lowest BCUT2D eigenvalue weighted by atomic mass is 9.91. The molecule has 2 rings (SSSR count). The summed E-state index contributed by atoms with van der Waals surface area (Å²) in [5, 5.41) is 3.39. The highest BCUT2D eigenvalue weighted by atomic mass is 16.5. The fourth-order valence-corrected chi connectivity index (χ4v) is 2.84. The van der Waals surface area contributed by atoms with Gasteiger partial charge < -0.3 is 15.0 Å². The quantitative estimate of drug-likeness (QED) is 0.767. The smallest absolute Gasteiger partial charge is 0.226 e. The highest BCUT2D eigenvalue weighted by molar-refractivity contribution is 5.79. The Bertz CT molecular complexity index is 328. The van der Waals surface area contributed by atoms with Crippen LogP contribution >= 0.6 is 0 Å². The SMILES string of the molecule is COCC1=CCN(C(=O)C2CCNC(C)C2)CC1.